The third kappa shape index (κ3) is 1.58. The summed E-state index contributed by atoms with van der Waals surface area (Å²) in [6.45, 7) is 6.52. The Balaban J connectivity index is 2.32. The number of hydrogen-bond donors (Lipinski definition) is 1. The van der Waals surface area contributed by atoms with Gasteiger partial charge in [0.05, 0.1) is 0 Å². The Kier molecular flexibility index (Phi) is 2.29. The molecule has 2 atom stereocenters. The molecule has 0 saturated carbocycles. The van der Waals surface area contributed by atoms with E-state index in [0.29, 0.717) is 5.92 Å². The zero-order valence-corrected chi connectivity index (χ0v) is 10.6. The largest absolute Gasteiger partial charge is 0.358 e. The summed E-state index contributed by atoms with van der Waals surface area (Å²) in [5.41, 5.74) is 4.80. The number of H-pyrrole nitrogens is 1. The fourth-order valence-electron chi connectivity index (χ4n) is 3.38. The van der Waals surface area contributed by atoms with Crippen LogP contribution in [-0.2, 0) is 6.42 Å². The van der Waals surface area contributed by atoms with Crippen molar-refractivity contribution in [1.29, 1.82) is 0 Å². The highest BCUT2D eigenvalue weighted by Crippen LogP contribution is 2.39. The van der Waals surface area contributed by atoms with Gasteiger partial charge in [-0.05, 0) is 54.9 Å². The summed E-state index contributed by atoms with van der Waals surface area (Å²) in [6, 6.07) is 3.29. The van der Waals surface area contributed by atoms with E-state index in [2.05, 4.69) is 18.8 Å². The number of fused-ring (bicyclic) bond motifs is 3. The van der Waals surface area contributed by atoms with Crippen LogP contribution in [0.5, 0.6) is 0 Å². The van der Waals surface area contributed by atoms with Crippen molar-refractivity contribution in [3.63, 3.8) is 0 Å². The normalized spacial score (nSPS) is 24.0. The molecule has 0 aliphatic heterocycles. The van der Waals surface area contributed by atoms with E-state index in [4.69, 9.17) is 0 Å². The predicted octanol–water partition coefficient (Wildman–Crippen LogP) is 4.30. The quantitative estimate of drug-likeness (QED) is 0.695. The SMILES string of the molecule is Cc1cc(F)cc2c3c([nH]c12)CC(C)CC3C. The van der Waals surface area contributed by atoms with Crippen molar-refractivity contribution in [3.8, 4) is 0 Å². The predicted molar refractivity (Wildman–Crippen MR) is 68.9 cm³/mol. The first kappa shape index (κ1) is 10.8. The smallest absolute Gasteiger partial charge is 0.124 e. The van der Waals surface area contributed by atoms with Crippen LogP contribution in [-0.4, -0.2) is 4.98 Å². The zero-order chi connectivity index (χ0) is 12.2. The number of benzene rings is 1. The zero-order valence-electron chi connectivity index (χ0n) is 10.6. The highest BCUT2D eigenvalue weighted by atomic mass is 19.1. The van der Waals surface area contributed by atoms with Gasteiger partial charge < -0.3 is 4.98 Å². The van der Waals surface area contributed by atoms with Crippen LogP contribution in [0.3, 0.4) is 0 Å². The fraction of sp³-hybridized carbons (Fsp3) is 0.467. The average Bonchev–Trinajstić information content (AvgIpc) is 2.56. The van der Waals surface area contributed by atoms with Crippen LogP contribution >= 0.6 is 0 Å². The summed E-state index contributed by atoms with van der Waals surface area (Å²) in [5, 5.41) is 1.09. The Morgan fingerprint density at radius 1 is 1.29 bits per heavy atom. The Bertz CT molecular complexity index is 582. The van der Waals surface area contributed by atoms with E-state index in [1.807, 2.05) is 6.92 Å². The second-order valence-electron chi connectivity index (χ2n) is 5.61. The van der Waals surface area contributed by atoms with Gasteiger partial charge in [-0.2, -0.15) is 0 Å². The minimum absolute atomic E-state index is 0.123. The van der Waals surface area contributed by atoms with Crippen molar-refractivity contribution in [3.05, 3.63) is 34.8 Å². The number of aromatic nitrogens is 1. The molecule has 0 radical (unpaired) electrons. The lowest BCUT2D eigenvalue weighted by atomic mass is 9.81. The van der Waals surface area contributed by atoms with Crippen LogP contribution in [0.1, 0.15) is 43.0 Å². The molecular formula is C15H18FN. The van der Waals surface area contributed by atoms with Gasteiger partial charge in [0, 0.05) is 16.6 Å². The number of nitrogens with one attached hydrogen (secondary N) is 1. The third-order valence-electron chi connectivity index (χ3n) is 3.99. The van der Waals surface area contributed by atoms with Gasteiger partial charge in [-0.1, -0.05) is 13.8 Å². The molecule has 1 aliphatic rings. The van der Waals surface area contributed by atoms with Gasteiger partial charge in [0.15, 0.2) is 0 Å². The molecule has 2 heteroatoms. The Labute approximate surface area is 101 Å². The van der Waals surface area contributed by atoms with E-state index in [1.54, 1.807) is 12.1 Å². The molecule has 0 fully saturated rings. The van der Waals surface area contributed by atoms with Crippen LogP contribution in [0.25, 0.3) is 10.9 Å². The number of rotatable bonds is 0. The van der Waals surface area contributed by atoms with Gasteiger partial charge >= 0.3 is 0 Å². The maximum Gasteiger partial charge on any atom is 0.124 e. The molecule has 0 bridgehead atoms. The minimum Gasteiger partial charge on any atom is -0.358 e. The van der Waals surface area contributed by atoms with Crippen LogP contribution in [0.15, 0.2) is 12.1 Å². The Morgan fingerprint density at radius 3 is 2.82 bits per heavy atom. The van der Waals surface area contributed by atoms with E-state index in [0.717, 1.165) is 28.8 Å². The van der Waals surface area contributed by atoms with Gasteiger partial charge in [0.2, 0.25) is 0 Å². The van der Waals surface area contributed by atoms with E-state index >= 15 is 0 Å². The van der Waals surface area contributed by atoms with Crippen LogP contribution in [0.4, 0.5) is 4.39 Å². The van der Waals surface area contributed by atoms with Crippen LogP contribution < -0.4 is 0 Å². The maximum absolute atomic E-state index is 13.5. The van der Waals surface area contributed by atoms with Crippen LogP contribution in [0.2, 0.25) is 0 Å². The van der Waals surface area contributed by atoms with E-state index < -0.39 is 0 Å². The molecule has 1 heterocycles. The van der Waals surface area contributed by atoms with Crippen molar-refractivity contribution in [2.24, 2.45) is 5.92 Å². The van der Waals surface area contributed by atoms with E-state index in [9.17, 15) is 4.39 Å². The fourth-order valence-corrected chi connectivity index (χ4v) is 3.38. The average molecular weight is 231 g/mol. The van der Waals surface area contributed by atoms with Crippen molar-refractivity contribution in [2.75, 3.05) is 0 Å². The van der Waals surface area contributed by atoms with Crippen molar-refractivity contribution in [1.82, 2.24) is 4.98 Å². The van der Waals surface area contributed by atoms with Gasteiger partial charge in [0.1, 0.15) is 5.82 Å². The molecule has 90 valence electrons. The Hall–Kier alpha value is -1.31. The number of halogens is 1. The molecule has 17 heavy (non-hydrogen) atoms. The molecule has 0 amide bonds. The summed E-state index contributed by atoms with van der Waals surface area (Å²) in [6.07, 6.45) is 2.30. The summed E-state index contributed by atoms with van der Waals surface area (Å²) in [7, 11) is 0. The molecule has 1 N–H and O–H groups in total. The summed E-state index contributed by atoms with van der Waals surface area (Å²) in [4.78, 5) is 3.51. The molecule has 0 spiro atoms. The van der Waals surface area contributed by atoms with Crippen molar-refractivity contribution >= 4 is 10.9 Å². The second-order valence-corrected chi connectivity index (χ2v) is 5.61. The molecule has 0 saturated heterocycles. The van der Waals surface area contributed by atoms with Gasteiger partial charge in [-0.25, -0.2) is 4.39 Å². The number of hydrogen-bond acceptors (Lipinski definition) is 0. The first-order valence-electron chi connectivity index (χ1n) is 6.37. The molecule has 1 aromatic heterocycles. The molecule has 1 aliphatic carbocycles. The molecular weight excluding hydrogens is 213 g/mol. The Morgan fingerprint density at radius 2 is 2.06 bits per heavy atom. The van der Waals surface area contributed by atoms with Gasteiger partial charge in [-0.15, -0.1) is 0 Å². The maximum atomic E-state index is 13.5. The summed E-state index contributed by atoms with van der Waals surface area (Å²) in [5.74, 6) is 1.13. The molecule has 1 nitrogen and oxygen atoms in total. The first-order valence-corrected chi connectivity index (χ1v) is 6.37. The summed E-state index contributed by atoms with van der Waals surface area (Å²) >= 11 is 0. The van der Waals surface area contributed by atoms with Crippen molar-refractivity contribution in [2.45, 2.75) is 39.5 Å². The molecule has 3 rings (SSSR count). The topological polar surface area (TPSA) is 15.8 Å². The number of aryl methyl sites for hydroxylation is 1. The highest BCUT2D eigenvalue weighted by Gasteiger charge is 2.26. The summed E-state index contributed by atoms with van der Waals surface area (Å²) < 4.78 is 13.5. The van der Waals surface area contributed by atoms with Crippen molar-refractivity contribution < 1.29 is 4.39 Å². The van der Waals surface area contributed by atoms with E-state index in [-0.39, 0.29) is 5.82 Å². The minimum atomic E-state index is -0.123. The van der Waals surface area contributed by atoms with Crippen LogP contribution in [0, 0.1) is 18.7 Å². The molecule has 2 aromatic rings. The highest BCUT2D eigenvalue weighted by molar-refractivity contribution is 5.88. The molecule has 2 unspecified atom stereocenters. The monoisotopic (exact) mass is 231 g/mol. The molecule has 1 aromatic carbocycles. The standard InChI is InChI=1S/C15H18FN/c1-8-4-9(2)14-12-7-11(16)6-10(3)15(12)17-13(14)5-8/h6-9,17H,4-5H2,1-3H3. The van der Waals surface area contributed by atoms with E-state index in [1.165, 1.54) is 17.7 Å². The first-order chi connectivity index (χ1) is 8.06. The van der Waals surface area contributed by atoms with Gasteiger partial charge in [-0.3, -0.25) is 0 Å². The lowest BCUT2D eigenvalue weighted by molar-refractivity contribution is 0.448. The lowest BCUT2D eigenvalue weighted by Gasteiger charge is -2.24. The third-order valence-corrected chi connectivity index (χ3v) is 3.99. The second kappa shape index (κ2) is 3.59. The number of aromatic amines is 1. The lowest BCUT2D eigenvalue weighted by Crippen LogP contribution is -2.13. The van der Waals surface area contributed by atoms with Gasteiger partial charge in [0.25, 0.3) is 0 Å².